The molecule has 0 amide bonds. The molecule has 0 saturated carbocycles. The van der Waals surface area contributed by atoms with E-state index in [1.165, 1.54) is 18.3 Å². The smallest absolute Gasteiger partial charge is 0.270 e. The molecule has 0 aliphatic carbocycles. The van der Waals surface area contributed by atoms with Crippen molar-refractivity contribution in [3.05, 3.63) is 74.8 Å². The zero-order chi connectivity index (χ0) is 22.2. The molecule has 0 saturated heterocycles. The maximum Gasteiger partial charge on any atom is 0.270 e. The number of hydrazone groups is 1. The standard InChI is InChI=1S/C22H19ClFN5O2/c1-2-3-11-31-18-10-9-17(23)16(19(18)24)13-26-29-22-27-20(14-7-5-4-6-8-14)15(12-25)21(30)28-22/h4-10,13H,2-3,11H2,1H3,(H2,27,28,29,30). The van der Waals surface area contributed by atoms with Crippen LogP contribution >= 0.6 is 11.6 Å². The molecule has 0 radical (unpaired) electrons. The van der Waals surface area contributed by atoms with Gasteiger partial charge in [-0.1, -0.05) is 55.3 Å². The molecule has 9 heteroatoms. The number of benzene rings is 2. The molecule has 1 aromatic heterocycles. The Morgan fingerprint density at radius 3 is 2.81 bits per heavy atom. The zero-order valence-electron chi connectivity index (χ0n) is 16.7. The summed E-state index contributed by atoms with van der Waals surface area (Å²) >= 11 is 6.09. The molecule has 0 spiro atoms. The lowest BCUT2D eigenvalue weighted by Crippen LogP contribution is -2.16. The second-order valence-corrected chi connectivity index (χ2v) is 6.87. The lowest BCUT2D eigenvalue weighted by Gasteiger charge is -2.09. The maximum atomic E-state index is 14.7. The predicted molar refractivity (Wildman–Crippen MR) is 118 cm³/mol. The van der Waals surface area contributed by atoms with Gasteiger partial charge in [-0.15, -0.1) is 0 Å². The van der Waals surface area contributed by atoms with Gasteiger partial charge in [0.1, 0.15) is 11.6 Å². The minimum atomic E-state index is -0.639. The van der Waals surface area contributed by atoms with E-state index in [2.05, 4.69) is 20.5 Å². The van der Waals surface area contributed by atoms with E-state index in [-0.39, 0.29) is 33.5 Å². The topological polar surface area (TPSA) is 103 Å². The maximum absolute atomic E-state index is 14.7. The van der Waals surface area contributed by atoms with E-state index in [9.17, 15) is 14.4 Å². The first-order valence-electron chi connectivity index (χ1n) is 9.54. The second kappa shape index (κ2) is 10.4. The van der Waals surface area contributed by atoms with Crippen molar-refractivity contribution < 1.29 is 9.13 Å². The fourth-order valence-electron chi connectivity index (χ4n) is 2.70. The number of halogens is 2. The molecule has 0 atom stereocenters. The van der Waals surface area contributed by atoms with Crippen LogP contribution in [-0.4, -0.2) is 22.8 Å². The minimum absolute atomic E-state index is 0.00835. The van der Waals surface area contributed by atoms with E-state index >= 15 is 0 Å². The first-order valence-corrected chi connectivity index (χ1v) is 9.92. The first-order chi connectivity index (χ1) is 15.0. The van der Waals surface area contributed by atoms with Crippen molar-refractivity contribution in [2.45, 2.75) is 19.8 Å². The van der Waals surface area contributed by atoms with E-state index in [4.69, 9.17) is 16.3 Å². The third-order valence-electron chi connectivity index (χ3n) is 4.29. The Balaban J connectivity index is 1.86. The number of nitriles is 1. The number of H-pyrrole nitrogens is 1. The molecule has 7 nitrogen and oxygen atoms in total. The number of hydrogen-bond acceptors (Lipinski definition) is 6. The number of ether oxygens (including phenoxy) is 1. The summed E-state index contributed by atoms with van der Waals surface area (Å²) in [6, 6.07) is 13.6. The summed E-state index contributed by atoms with van der Waals surface area (Å²) in [6.45, 7) is 2.40. The van der Waals surface area contributed by atoms with Crippen LogP contribution in [0.4, 0.5) is 10.3 Å². The van der Waals surface area contributed by atoms with Gasteiger partial charge in [-0.3, -0.25) is 9.78 Å². The Bertz CT molecular complexity index is 1190. The fraction of sp³-hybridized carbons (Fsp3) is 0.182. The molecule has 31 heavy (non-hydrogen) atoms. The highest BCUT2D eigenvalue weighted by Crippen LogP contribution is 2.26. The Morgan fingerprint density at radius 1 is 1.32 bits per heavy atom. The molecular formula is C22H19ClFN5O2. The number of rotatable bonds is 8. The van der Waals surface area contributed by atoms with Crippen LogP contribution in [0.5, 0.6) is 5.75 Å². The van der Waals surface area contributed by atoms with Gasteiger partial charge in [0.2, 0.25) is 5.95 Å². The van der Waals surface area contributed by atoms with Gasteiger partial charge in [0.25, 0.3) is 5.56 Å². The number of nitrogens with one attached hydrogen (secondary N) is 2. The number of hydrogen-bond donors (Lipinski definition) is 2. The molecule has 0 unspecified atom stereocenters. The van der Waals surface area contributed by atoms with Gasteiger partial charge in [0, 0.05) is 5.56 Å². The number of aromatic amines is 1. The van der Waals surface area contributed by atoms with E-state index < -0.39 is 11.4 Å². The second-order valence-electron chi connectivity index (χ2n) is 6.46. The zero-order valence-corrected chi connectivity index (χ0v) is 17.4. The van der Waals surface area contributed by atoms with Gasteiger partial charge in [-0.2, -0.15) is 10.4 Å². The van der Waals surface area contributed by atoms with Crippen molar-refractivity contribution >= 4 is 23.8 Å². The van der Waals surface area contributed by atoms with Crippen LogP contribution in [0.15, 0.2) is 52.4 Å². The lowest BCUT2D eigenvalue weighted by atomic mass is 10.1. The van der Waals surface area contributed by atoms with Crippen molar-refractivity contribution in [1.82, 2.24) is 9.97 Å². The summed E-state index contributed by atoms with van der Waals surface area (Å²) in [5, 5.41) is 13.4. The van der Waals surface area contributed by atoms with Crippen LogP contribution in [0.2, 0.25) is 5.02 Å². The first kappa shape index (κ1) is 22.0. The van der Waals surface area contributed by atoms with Crippen molar-refractivity contribution in [1.29, 1.82) is 5.26 Å². The normalized spacial score (nSPS) is 10.8. The summed E-state index contributed by atoms with van der Waals surface area (Å²) in [5.74, 6) is -0.568. The van der Waals surface area contributed by atoms with Gasteiger partial charge >= 0.3 is 0 Å². The quantitative estimate of drug-likeness (QED) is 0.300. The third kappa shape index (κ3) is 5.27. The molecule has 158 valence electrons. The highest BCUT2D eigenvalue weighted by Gasteiger charge is 2.14. The van der Waals surface area contributed by atoms with E-state index in [1.807, 2.05) is 19.1 Å². The van der Waals surface area contributed by atoms with Crippen LogP contribution in [0.25, 0.3) is 11.3 Å². The van der Waals surface area contributed by atoms with E-state index in [0.29, 0.717) is 12.2 Å². The Hall–Kier alpha value is -3.70. The van der Waals surface area contributed by atoms with Crippen molar-refractivity contribution in [2.75, 3.05) is 12.0 Å². The van der Waals surface area contributed by atoms with E-state index in [0.717, 1.165) is 12.8 Å². The van der Waals surface area contributed by atoms with Crippen molar-refractivity contribution in [3.63, 3.8) is 0 Å². The molecule has 3 aromatic rings. The van der Waals surface area contributed by atoms with Crippen LogP contribution in [-0.2, 0) is 0 Å². The Kier molecular flexibility index (Phi) is 7.35. The molecule has 3 rings (SSSR count). The summed E-state index contributed by atoms with van der Waals surface area (Å²) in [4.78, 5) is 19.0. The predicted octanol–water partition coefficient (Wildman–Crippen LogP) is 4.73. The van der Waals surface area contributed by atoms with Crippen LogP contribution in [0.1, 0.15) is 30.9 Å². The summed E-state index contributed by atoms with van der Waals surface area (Å²) in [5.41, 5.74) is 2.65. The molecule has 0 fully saturated rings. The molecule has 0 bridgehead atoms. The van der Waals surface area contributed by atoms with Gasteiger partial charge in [-0.25, -0.2) is 14.8 Å². The fourth-order valence-corrected chi connectivity index (χ4v) is 2.89. The minimum Gasteiger partial charge on any atom is -0.490 e. The Labute approximate surface area is 183 Å². The van der Waals surface area contributed by atoms with Crippen molar-refractivity contribution in [2.24, 2.45) is 5.10 Å². The van der Waals surface area contributed by atoms with Gasteiger partial charge < -0.3 is 4.74 Å². The SMILES string of the molecule is CCCCOc1ccc(Cl)c(C=NNc2nc(-c3ccccc3)c(C#N)c(=O)[nH]2)c1F. The van der Waals surface area contributed by atoms with E-state index in [1.54, 1.807) is 24.3 Å². The summed E-state index contributed by atoms with van der Waals surface area (Å²) < 4.78 is 20.1. The summed E-state index contributed by atoms with van der Waals surface area (Å²) in [6.07, 6.45) is 2.90. The van der Waals surface area contributed by atoms with Gasteiger partial charge in [-0.05, 0) is 18.6 Å². The molecule has 0 aliphatic heterocycles. The molecular weight excluding hydrogens is 421 g/mol. The van der Waals surface area contributed by atoms with Crippen LogP contribution < -0.4 is 15.7 Å². The van der Waals surface area contributed by atoms with Gasteiger partial charge in [0.05, 0.1) is 29.1 Å². The molecule has 2 N–H and O–H groups in total. The number of anilines is 1. The third-order valence-corrected chi connectivity index (χ3v) is 4.62. The average molecular weight is 440 g/mol. The molecule has 0 aliphatic rings. The highest BCUT2D eigenvalue weighted by molar-refractivity contribution is 6.33. The van der Waals surface area contributed by atoms with Crippen LogP contribution in [0.3, 0.4) is 0 Å². The largest absolute Gasteiger partial charge is 0.490 e. The summed E-state index contributed by atoms with van der Waals surface area (Å²) in [7, 11) is 0. The monoisotopic (exact) mass is 439 g/mol. The molecule has 2 aromatic carbocycles. The lowest BCUT2D eigenvalue weighted by molar-refractivity contribution is 0.294. The number of nitrogens with zero attached hydrogens (tertiary/aromatic N) is 3. The number of unbranched alkanes of at least 4 members (excludes halogenated alkanes) is 1. The van der Waals surface area contributed by atoms with Crippen molar-refractivity contribution in [3.8, 4) is 23.1 Å². The van der Waals surface area contributed by atoms with Gasteiger partial charge in [0.15, 0.2) is 11.6 Å². The molecule has 1 heterocycles. The highest BCUT2D eigenvalue weighted by atomic mass is 35.5. The average Bonchev–Trinajstić information content (AvgIpc) is 2.78. The number of aromatic nitrogens is 2. The van der Waals surface area contributed by atoms with Crippen LogP contribution in [0, 0.1) is 17.1 Å². The Morgan fingerprint density at radius 2 is 2.10 bits per heavy atom.